The summed E-state index contributed by atoms with van der Waals surface area (Å²) in [6.45, 7) is 10.1. The Morgan fingerprint density at radius 3 is 0.926 bits per heavy atom. The Morgan fingerprint density at radius 1 is 0.311 bits per heavy atom. The lowest BCUT2D eigenvalue weighted by Crippen LogP contribution is -2.13. The van der Waals surface area contributed by atoms with E-state index in [4.69, 9.17) is 101 Å². The lowest BCUT2D eigenvalue weighted by Gasteiger charge is -2.20. The fraction of sp³-hybridized carbons (Fsp3) is 0.122. The molecular formula is C98H102Br4Cl5FN34OS5. The predicted octanol–water partition coefficient (Wildman–Crippen LogP) is 24.4. The fourth-order valence-electron chi connectivity index (χ4n) is 14.5. The average molecular weight is 2450 g/mol. The summed E-state index contributed by atoms with van der Waals surface area (Å²) in [5.41, 5.74) is 42.9. The number of benzene rings is 6. The van der Waals surface area contributed by atoms with Crippen molar-refractivity contribution in [3.63, 3.8) is 0 Å². The molecule has 0 radical (unpaired) electrons. The zero-order chi connectivity index (χ0) is 97.5. The summed E-state index contributed by atoms with van der Waals surface area (Å²) in [5.74, 6) is 2.99. The number of nitrogens with one attached hydrogen (secondary N) is 4. The number of imidazole rings is 5. The molecule has 148 heavy (non-hydrogen) atoms. The van der Waals surface area contributed by atoms with Crippen molar-refractivity contribution in [2.45, 2.75) is 79.7 Å². The van der Waals surface area contributed by atoms with Crippen molar-refractivity contribution >= 4 is 258 Å². The molecule has 0 unspecified atom stereocenters. The molecule has 15 heterocycles. The van der Waals surface area contributed by atoms with Crippen LogP contribution in [0.2, 0.25) is 25.8 Å². The largest absolute Gasteiger partial charge is 0.412 e. The summed E-state index contributed by atoms with van der Waals surface area (Å²) in [6.07, 6.45) is 20.8. The first-order valence-corrected chi connectivity index (χ1v) is 47.4. The second kappa shape index (κ2) is 56.7. The summed E-state index contributed by atoms with van der Waals surface area (Å²) in [6, 6.07) is 65.5. The minimum Gasteiger partial charge on any atom is -0.412 e. The molecule has 6 aromatic carbocycles. The Balaban J connectivity index is 0.000000243. The van der Waals surface area contributed by atoms with Crippen LogP contribution < -0.4 is 50.4 Å². The van der Waals surface area contributed by atoms with Gasteiger partial charge >= 0.3 is 0 Å². The molecule has 17 N–H and O–H groups in total. The molecule has 0 fully saturated rings. The quantitative estimate of drug-likeness (QED) is 0.0340. The molecule has 0 bridgehead atoms. The third-order valence-corrected chi connectivity index (χ3v) is 26.4. The molecule has 0 aliphatic carbocycles. The van der Waals surface area contributed by atoms with Gasteiger partial charge < -0.3 is 55.8 Å². The van der Waals surface area contributed by atoms with Crippen molar-refractivity contribution in [2.24, 2.45) is 5.73 Å². The van der Waals surface area contributed by atoms with Gasteiger partial charge in [-0.15, -0.1) is 0 Å². The summed E-state index contributed by atoms with van der Waals surface area (Å²) in [5, 5.41) is 39.0. The van der Waals surface area contributed by atoms with Gasteiger partial charge in [-0.05, 0) is 146 Å². The van der Waals surface area contributed by atoms with E-state index in [1.807, 2.05) is 235 Å². The van der Waals surface area contributed by atoms with Crippen LogP contribution in [0.5, 0.6) is 0 Å². The molecule has 21 aromatic rings. The minimum absolute atomic E-state index is 0. The van der Waals surface area contributed by atoms with Crippen LogP contribution in [0.4, 0.5) is 45.1 Å². The van der Waals surface area contributed by atoms with Crippen LogP contribution >= 0.6 is 189 Å². The zero-order valence-corrected chi connectivity index (χ0v) is 92.6. The summed E-state index contributed by atoms with van der Waals surface area (Å²) in [7, 11) is 0. The Bertz CT molecular complexity index is 7730. The van der Waals surface area contributed by atoms with Crippen LogP contribution in [0, 0.1) is 5.82 Å². The Labute approximate surface area is 944 Å². The van der Waals surface area contributed by atoms with Gasteiger partial charge in [0.2, 0.25) is 0 Å². The lowest BCUT2D eigenvalue weighted by molar-refractivity contribution is 0.628. The van der Waals surface area contributed by atoms with Crippen molar-refractivity contribution in [3.05, 3.63) is 365 Å². The van der Waals surface area contributed by atoms with Gasteiger partial charge in [0.05, 0.1) is 79.5 Å². The standard InChI is InChI=1S/C24H19ClFN7.C18H15BrClN7.C18H14BrClN6.C18H16BrN7.C14H14N4.C4HBrCl2N2.2CH4.H3N.H2O.5H2S/c1-14(31-24-21(23(27)29-13-30-24)16-8-5-9-17(26)10-16)18-11-20-28-12-19(25)33(20)32-22(18)15-6-3-2-4-7-15;1-10(25-18-15(19)17(21)23-9-24-18)12-7-14-22-8-13(20)27(14)26-16(12)11-5-3-2-4-6-11;2*1-11(24-18-15(19)17(20)22-10-23-18)13-9-14-21-7-8-26(14)25-16(13)12-5-3-2-4-6-12;1-10(15)12-9-13-16-7-8-18(13)17-14(12)11-5-3-2-4-6-11;5-2-3(6)8-1-9-4(2)7;;;;;;;;;/h2-14H,1H3,(H3,27,29,30,31);2-10H,1H3,(H3,21,23,24,25);2-11H,1H3,(H,22,23,24);2-11H,1H3,(H3,20,22,23,24);2-10H,15H2,1H3;1H;2*1H4;1H3;6*1H2/t14-;10-;2*11-;10-;;;;;;;;;;/m00000........../s1. The number of halogens is 10. The molecule has 770 valence electrons. The number of aromatic nitrogens is 25. The van der Waals surface area contributed by atoms with Crippen LogP contribution in [-0.2, 0) is 0 Å². The molecule has 15 aromatic heterocycles. The number of nitrogens with zero attached hydrogens (tertiary/aromatic N) is 25. The third-order valence-electron chi connectivity index (χ3n) is 21.3. The molecule has 0 amide bonds. The van der Waals surface area contributed by atoms with Crippen LogP contribution in [-0.4, -0.2) is 128 Å². The first-order valence-electron chi connectivity index (χ1n) is 42.3. The van der Waals surface area contributed by atoms with Crippen LogP contribution in [0.1, 0.15) is 107 Å². The number of nitrogens with two attached hydrogens (primary N) is 4. The number of hydrogen-bond donors (Lipinski definition) is 9. The fourth-order valence-corrected chi connectivity index (χ4v) is 16.4. The van der Waals surface area contributed by atoms with Crippen LogP contribution in [0.15, 0.2) is 305 Å². The van der Waals surface area contributed by atoms with Crippen LogP contribution in [0.25, 0.3) is 95.6 Å². The smallest absolute Gasteiger partial charge is 0.155 e. The maximum Gasteiger partial charge on any atom is 0.155 e. The SMILES string of the molecule is C.C.C[C@H](N)c1cc2nccn2nc1-c1ccccc1.C[C@H](Nc1ncnc(Cl)c1Br)c1cc2nccn2nc1-c1ccccc1.C[C@H](Nc1ncnc(N)c1-c1cccc(F)c1)c1cc2ncc(Cl)n2nc1-c1ccccc1.C[C@H](Nc1ncnc(N)c1Br)c1cc2ncc(Cl)n2nc1-c1ccccc1.C[C@H](Nc1ncnc(N)c1Br)c1cc2nccn2nc1-c1ccccc1.Clc1ncnc(Cl)c1Br.N.O.S.S.S.S.S. The van der Waals surface area contributed by atoms with Gasteiger partial charge in [-0.1, -0.05) is 237 Å². The molecule has 0 aliphatic heterocycles. The highest BCUT2D eigenvalue weighted by molar-refractivity contribution is 9.11. The lowest BCUT2D eigenvalue weighted by atomic mass is 10.0. The Kier molecular flexibility index (Phi) is 46.8. The van der Waals surface area contributed by atoms with Crippen molar-refractivity contribution in [1.82, 2.24) is 129 Å². The highest BCUT2D eigenvalue weighted by Gasteiger charge is 2.26. The van der Waals surface area contributed by atoms with E-state index in [0.717, 1.165) is 101 Å². The first-order chi connectivity index (χ1) is 67.3. The number of hydrogen-bond acceptors (Lipinski definition) is 29. The van der Waals surface area contributed by atoms with E-state index in [2.05, 4.69) is 165 Å². The van der Waals surface area contributed by atoms with Gasteiger partial charge in [0.25, 0.3) is 0 Å². The molecule has 5 atom stereocenters. The van der Waals surface area contributed by atoms with E-state index in [0.29, 0.717) is 101 Å². The van der Waals surface area contributed by atoms with Crippen molar-refractivity contribution in [1.29, 1.82) is 0 Å². The second-order valence-corrected chi connectivity index (χ2v) is 35.7. The van der Waals surface area contributed by atoms with Gasteiger partial charge in [0.15, 0.2) is 38.5 Å². The predicted molar refractivity (Wildman–Crippen MR) is 632 cm³/mol. The highest BCUT2D eigenvalue weighted by atomic mass is 79.9. The van der Waals surface area contributed by atoms with Gasteiger partial charge in [-0.2, -0.15) is 93.0 Å². The molecule has 0 saturated heterocycles. The van der Waals surface area contributed by atoms with Crippen molar-refractivity contribution in [2.75, 3.05) is 38.5 Å². The zero-order valence-electron chi connectivity index (χ0n) is 77.5. The topological polar surface area (TPSA) is 499 Å². The summed E-state index contributed by atoms with van der Waals surface area (Å²) >= 11 is 43.0. The van der Waals surface area contributed by atoms with E-state index in [1.165, 1.54) is 43.8 Å². The van der Waals surface area contributed by atoms with Crippen molar-refractivity contribution < 1.29 is 9.87 Å². The number of rotatable bonds is 19. The van der Waals surface area contributed by atoms with Crippen LogP contribution in [0.3, 0.4) is 0 Å². The summed E-state index contributed by atoms with van der Waals surface area (Å²) in [4.78, 5) is 62.1. The van der Waals surface area contributed by atoms with Gasteiger partial charge in [-0.3, -0.25) is 0 Å². The molecule has 21 rings (SSSR count). The van der Waals surface area contributed by atoms with E-state index in [-0.39, 0.29) is 136 Å². The monoisotopic (exact) mass is 2440 g/mol. The number of anilines is 7. The second-order valence-electron chi connectivity index (χ2n) is 30.6. The molecular weight excluding hydrogens is 2350 g/mol. The average Bonchev–Trinajstić information content (AvgIpc) is 1.62. The van der Waals surface area contributed by atoms with Crippen molar-refractivity contribution in [3.8, 4) is 67.4 Å². The number of fused-ring (bicyclic) bond motifs is 5. The maximum atomic E-state index is 13.9. The van der Waals surface area contributed by atoms with E-state index >= 15 is 0 Å². The third kappa shape index (κ3) is 29.1. The van der Waals surface area contributed by atoms with E-state index in [1.54, 1.807) is 65.7 Å². The Hall–Kier alpha value is -12.7. The van der Waals surface area contributed by atoms with E-state index in [9.17, 15) is 4.39 Å². The highest BCUT2D eigenvalue weighted by Crippen LogP contribution is 2.41. The van der Waals surface area contributed by atoms with Gasteiger partial charge in [-0.25, -0.2) is 102 Å². The molecule has 35 nitrogen and oxygen atoms in total. The normalized spacial score (nSPS) is 11.4. The molecule has 0 saturated carbocycles. The van der Waals surface area contributed by atoms with Gasteiger partial charge in [0, 0.05) is 98.9 Å². The molecule has 0 spiro atoms. The van der Waals surface area contributed by atoms with Gasteiger partial charge in [0.1, 0.15) is 103 Å². The molecule has 0 aliphatic rings. The minimum atomic E-state index is -0.369. The van der Waals surface area contributed by atoms with E-state index < -0.39 is 0 Å². The molecule has 50 heteroatoms. The maximum absolute atomic E-state index is 13.9. The Morgan fingerprint density at radius 2 is 0.588 bits per heavy atom. The summed E-state index contributed by atoms with van der Waals surface area (Å²) < 4.78 is 24.9. The number of nitrogen functional groups attached to an aromatic ring is 3. The first kappa shape index (κ1) is 122.